The molecule has 3 aliphatic rings. The summed E-state index contributed by atoms with van der Waals surface area (Å²) in [5, 5.41) is 13.3. The van der Waals surface area contributed by atoms with E-state index in [-0.39, 0.29) is 17.6 Å². The van der Waals surface area contributed by atoms with Gasteiger partial charge in [0.15, 0.2) is 0 Å². The number of fused-ring (bicyclic) bond motifs is 3. The van der Waals surface area contributed by atoms with Crippen molar-refractivity contribution in [3.63, 3.8) is 0 Å². The monoisotopic (exact) mass is 460 g/mol. The Kier molecular flexibility index (Phi) is 4.27. The van der Waals surface area contributed by atoms with Gasteiger partial charge in [0.1, 0.15) is 11.5 Å². The fraction of sp³-hybridized carbons (Fsp3) is 0.562. The molecule has 0 saturated carbocycles. The first-order valence-corrected chi connectivity index (χ1v) is 9.65. The molecule has 0 aliphatic carbocycles. The van der Waals surface area contributed by atoms with Crippen LogP contribution in [0.3, 0.4) is 0 Å². The number of aromatic hydroxyl groups is 1. The van der Waals surface area contributed by atoms with Gasteiger partial charge in [-0.1, -0.05) is 0 Å². The Morgan fingerprint density at radius 3 is 2.83 bits per heavy atom. The molecule has 3 aliphatic heterocycles. The summed E-state index contributed by atoms with van der Waals surface area (Å²) in [6, 6.07) is 1.75. The molecule has 3 heterocycles. The maximum atomic E-state index is 13.1. The Hall–Kier alpha value is -0.830. The fourth-order valence-electron chi connectivity index (χ4n) is 3.95. The summed E-state index contributed by atoms with van der Waals surface area (Å²) < 4.78 is 12.9. The van der Waals surface area contributed by atoms with Gasteiger partial charge in [0.25, 0.3) is 5.91 Å². The largest absolute Gasteiger partial charge is 0.506 e. The number of carbonyl (C=O) groups is 1. The van der Waals surface area contributed by atoms with E-state index in [0.29, 0.717) is 47.5 Å². The van der Waals surface area contributed by atoms with Crippen molar-refractivity contribution in [2.45, 2.75) is 24.5 Å². The lowest BCUT2D eigenvalue weighted by Gasteiger charge is -2.43. The van der Waals surface area contributed by atoms with E-state index < -0.39 is 5.72 Å². The summed E-state index contributed by atoms with van der Waals surface area (Å²) >= 11 is 6.85. The highest BCUT2D eigenvalue weighted by Gasteiger charge is 2.59. The van der Waals surface area contributed by atoms with Crippen molar-refractivity contribution >= 4 is 37.8 Å². The van der Waals surface area contributed by atoms with Crippen LogP contribution in [0, 0.1) is 0 Å². The molecule has 1 aromatic carbocycles. The Morgan fingerprint density at radius 1 is 1.33 bits per heavy atom. The third kappa shape index (κ3) is 2.30. The van der Waals surface area contributed by atoms with Gasteiger partial charge in [0.05, 0.1) is 28.1 Å². The molecule has 1 amide bonds. The van der Waals surface area contributed by atoms with Crippen LogP contribution < -0.4 is 10.1 Å². The molecule has 0 bridgehead atoms. The zero-order chi connectivity index (χ0) is 16.9. The molecule has 0 aromatic heterocycles. The topological polar surface area (TPSA) is 71.0 Å². The number of nitrogens with one attached hydrogen (secondary N) is 1. The van der Waals surface area contributed by atoms with Gasteiger partial charge in [-0.25, -0.2) is 0 Å². The second-order valence-corrected chi connectivity index (χ2v) is 7.93. The predicted octanol–water partition coefficient (Wildman–Crippen LogP) is 2.33. The molecule has 0 spiro atoms. The number of benzene rings is 1. The van der Waals surface area contributed by atoms with Crippen LogP contribution in [0.5, 0.6) is 11.5 Å². The summed E-state index contributed by atoms with van der Waals surface area (Å²) in [6.45, 7) is 3.08. The molecule has 8 heteroatoms. The third-order valence-electron chi connectivity index (χ3n) is 5.04. The molecule has 4 rings (SSSR count). The van der Waals surface area contributed by atoms with Crippen molar-refractivity contribution in [1.82, 2.24) is 10.2 Å². The lowest BCUT2D eigenvalue weighted by Crippen LogP contribution is -2.65. The highest BCUT2D eigenvalue weighted by molar-refractivity contribution is 9.11. The van der Waals surface area contributed by atoms with Gasteiger partial charge in [-0.3, -0.25) is 9.69 Å². The van der Waals surface area contributed by atoms with Crippen LogP contribution >= 0.6 is 31.9 Å². The smallest absolute Gasteiger partial charge is 0.280 e. The minimum atomic E-state index is -1.07. The number of ether oxygens (including phenoxy) is 2. The van der Waals surface area contributed by atoms with Gasteiger partial charge in [0, 0.05) is 25.2 Å². The number of morpholine rings is 1. The normalized spacial score (nSPS) is 30.1. The molecule has 2 saturated heterocycles. The van der Waals surface area contributed by atoms with Crippen molar-refractivity contribution in [2.24, 2.45) is 0 Å². The lowest BCUT2D eigenvalue weighted by molar-refractivity contribution is -0.165. The zero-order valence-corrected chi connectivity index (χ0v) is 16.2. The van der Waals surface area contributed by atoms with Crippen LogP contribution in [-0.4, -0.2) is 54.5 Å². The van der Waals surface area contributed by atoms with E-state index in [0.717, 1.165) is 18.4 Å². The fourth-order valence-corrected chi connectivity index (χ4v) is 5.31. The Bertz CT molecular complexity index is 693. The quantitative estimate of drug-likeness (QED) is 0.671. The number of nitrogens with zero attached hydrogens (tertiary/aromatic N) is 1. The second kappa shape index (κ2) is 6.16. The van der Waals surface area contributed by atoms with Crippen molar-refractivity contribution in [2.75, 3.05) is 32.8 Å². The second-order valence-electron chi connectivity index (χ2n) is 6.28. The summed E-state index contributed by atoms with van der Waals surface area (Å²) in [4.78, 5) is 15.1. The minimum Gasteiger partial charge on any atom is -0.506 e. The molecule has 2 N–H and O–H groups in total. The Labute approximate surface area is 156 Å². The maximum absolute atomic E-state index is 13.1. The molecular weight excluding hydrogens is 444 g/mol. The van der Waals surface area contributed by atoms with E-state index >= 15 is 0 Å². The van der Waals surface area contributed by atoms with E-state index in [1.54, 1.807) is 6.07 Å². The average molecular weight is 462 g/mol. The molecule has 0 unspecified atom stereocenters. The first-order chi connectivity index (χ1) is 11.6. The Balaban J connectivity index is 1.88. The highest BCUT2D eigenvalue weighted by Crippen LogP contribution is 2.55. The number of hydrogen-bond donors (Lipinski definition) is 2. The van der Waals surface area contributed by atoms with Gasteiger partial charge in [0.2, 0.25) is 5.72 Å². The van der Waals surface area contributed by atoms with Gasteiger partial charge in [-0.2, -0.15) is 0 Å². The number of phenols is 1. The van der Waals surface area contributed by atoms with E-state index in [4.69, 9.17) is 9.47 Å². The number of hydrogen-bond acceptors (Lipinski definition) is 5. The van der Waals surface area contributed by atoms with E-state index in [1.165, 1.54) is 0 Å². The molecule has 130 valence electrons. The summed E-state index contributed by atoms with van der Waals surface area (Å²) in [5.41, 5.74) is -0.197. The van der Waals surface area contributed by atoms with Gasteiger partial charge >= 0.3 is 0 Å². The van der Waals surface area contributed by atoms with Crippen molar-refractivity contribution < 1.29 is 19.4 Å². The minimum absolute atomic E-state index is 0.106. The molecule has 2 atom stereocenters. The van der Waals surface area contributed by atoms with E-state index in [2.05, 4.69) is 42.1 Å². The summed E-state index contributed by atoms with van der Waals surface area (Å²) in [6.07, 6.45) is 1.68. The summed E-state index contributed by atoms with van der Waals surface area (Å²) in [5.74, 6) is 0.534. The number of phenolic OH excluding ortho intramolecular Hbond substituents is 1. The number of halogens is 2. The number of amides is 1. The number of carbonyl (C=O) groups excluding carboxylic acids is 1. The molecule has 24 heavy (non-hydrogen) atoms. The molecule has 1 aromatic rings. The SMILES string of the molecule is O=C1NCCC[C@@H]2c3c(cc(Br)c(O)c3Br)O[C@@]12N1CCOCC1. The first-order valence-electron chi connectivity index (χ1n) is 8.06. The summed E-state index contributed by atoms with van der Waals surface area (Å²) in [7, 11) is 0. The lowest BCUT2D eigenvalue weighted by atomic mass is 9.85. The van der Waals surface area contributed by atoms with E-state index in [1.807, 2.05) is 0 Å². The van der Waals surface area contributed by atoms with Crippen LogP contribution in [0.2, 0.25) is 0 Å². The Morgan fingerprint density at radius 2 is 2.08 bits per heavy atom. The van der Waals surface area contributed by atoms with Crippen LogP contribution in [0.15, 0.2) is 15.0 Å². The molecule has 2 fully saturated rings. The molecule has 6 nitrogen and oxygen atoms in total. The highest BCUT2D eigenvalue weighted by atomic mass is 79.9. The number of rotatable bonds is 1. The van der Waals surface area contributed by atoms with Crippen molar-refractivity contribution in [3.8, 4) is 11.5 Å². The zero-order valence-electron chi connectivity index (χ0n) is 13.0. The van der Waals surface area contributed by atoms with Gasteiger partial charge in [-0.15, -0.1) is 0 Å². The van der Waals surface area contributed by atoms with Crippen LogP contribution in [-0.2, 0) is 9.53 Å². The van der Waals surface area contributed by atoms with Crippen molar-refractivity contribution in [3.05, 3.63) is 20.6 Å². The van der Waals surface area contributed by atoms with Crippen LogP contribution in [0.4, 0.5) is 0 Å². The van der Waals surface area contributed by atoms with Gasteiger partial charge in [-0.05, 0) is 50.8 Å². The third-order valence-corrected chi connectivity index (χ3v) is 6.45. The maximum Gasteiger partial charge on any atom is 0.280 e. The predicted molar refractivity (Wildman–Crippen MR) is 94.2 cm³/mol. The van der Waals surface area contributed by atoms with Crippen molar-refractivity contribution in [1.29, 1.82) is 0 Å². The van der Waals surface area contributed by atoms with Crippen LogP contribution in [0.1, 0.15) is 24.3 Å². The van der Waals surface area contributed by atoms with Crippen LogP contribution in [0.25, 0.3) is 0 Å². The first kappa shape index (κ1) is 16.6. The molecular formula is C16H18Br2N2O4. The molecule has 0 radical (unpaired) electrons. The standard InChI is InChI=1S/C16H18Br2N2O4/c17-10-8-11-12(13(18)14(10)21)9-2-1-3-19-15(22)16(9,24-11)20-4-6-23-7-5-20/h8-9,21H,1-7H2,(H,19,22)/t9-,16-/m1/s1. The van der Waals surface area contributed by atoms with Gasteiger partial charge < -0.3 is 19.9 Å². The average Bonchev–Trinajstić information content (AvgIpc) is 2.83. The van der Waals surface area contributed by atoms with E-state index in [9.17, 15) is 9.90 Å².